The lowest BCUT2D eigenvalue weighted by molar-refractivity contribution is -0.131. The van der Waals surface area contributed by atoms with Crippen molar-refractivity contribution in [3.63, 3.8) is 0 Å². The second kappa shape index (κ2) is 5.39. The van der Waals surface area contributed by atoms with Crippen LogP contribution in [0.15, 0.2) is 24.3 Å². The van der Waals surface area contributed by atoms with Crippen LogP contribution in [-0.4, -0.2) is 11.1 Å². The standard InChI is InChI=1S/C12H12F2O2/c1-2-3-8(7-12(15)16)9-4-5-10(13)11(14)6-9/h4-7H,2-3H2,1H3,(H,15,16)/b8-7+. The lowest BCUT2D eigenvalue weighted by Crippen LogP contribution is -1.94. The molecule has 0 radical (unpaired) electrons. The molecule has 2 nitrogen and oxygen atoms in total. The van der Waals surface area contributed by atoms with Crippen molar-refractivity contribution < 1.29 is 18.7 Å². The smallest absolute Gasteiger partial charge is 0.328 e. The molecule has 1 rings (SSSR count). The van der Waals surface area contributed by atoms with E-state index in [1.54, 1.807) is 0 Å². The summed E-state index contributed by atoms with van der Waals surface area (Å²) in [5.74, 6) is -2.99. The van der Waals surface area contributed by atoms with Crippen LogP contribution >= 0.6 is 0 Å². The van der Waals surface area contributed by atoms with E-state index in [1.807, 2.05) is 6.92 Å². The predicted molar refractivity (Wildman–Crippen MR) is 56.9 cm³/mol. The van der Waals surface area contributed by atoms with E-state index in [9.17, 15) is 13.6 Å². The van der Waals surface area contributed by atoms with Gasteiger partial charge in [-0.25, -0.2) is 13.6 Å². The summed E-state index contributed by atoms with van der Waals surface area (Å²) >= 11 is 0. The summed E-state index contributed by atoms with van der Waals surface area (Å²) in [6, 6.07) is 3.39. The maximum absolute atomic E-state index is 13.0. The average molecular weight is 226 g/mol. The molecule has 1 aromatic carbocycles. The van der Waals surface area contributed by atoms with Gasteiger partial charge in [-0.2, -0.15) is 0 Å². The SMILES string of the molecule is CCC/C(=C\C(=O)O)c1ccc(F)c(F)c1. The van der Waals surface area contributed by atoms with Crippen molar-refractivity contribution in [2.24, 2.45) is 0 Å². The first kappa shape index (κ1) is 12.4. The summed E-state index contributed by atoms with van der Waals surface area (Å²) in [5.41, 5.74) is 0.900. The third kappa shape index (κ3) is 3.15. The number of benzene rings is 1. The van der Waals surface area contributed by atoms with Crippen LogP contribution in [0, 0.1) is 11.6 Å². The van der Waals surface area contributed by atoms with E-state index in [0.717, 1.165) is 24.6 Å². The Balaban J connectivity index is 3.11. The van der Waals surface area contributed by atoms with Crippen LogP contribution in [0.2, 0.25) is 0 Å². The van der Waals surface area contributed by atoms with Crippen molar-refractivity contribution >= 4 is 11.5 Å². The molecule has 4 heteroatoms. The van der Waals surface area contributed by atoms with Crippen molar-refractivity contribution in [1.29, 1.82) is 0 Å². The van der Waals surface area contributed by atoms with Crippen LogP contribution in [0.25, 0.3) is 5.57 Å². The van der Waals surface area contributed by atoms with Crippen molar-refractivity contribution in [3.8, 4) is 0 Å². The number of carbonyl (C=O) groups is 1. The third-order valence-corrected chi connectivity index (χ3v) is 2.11. The first-order chi connectivity index (χ1) is 7.54. The number of hydrogen-bond acceptors (Lipinski definition) is 1. The maximum atomic E-state index is 13.0. The Morgan fingerprint density at radius 1 is 1.38 bits per heavy atom. The number of halogens is 2. The highest BCUT2D eigenvalue weighted by atomic mass is 19.2. The van der Waals surface area contributed by atoms with Gasteiger partial charge in [0.1, 0.15) is 0 Å². The summed E-state index contributed by atoms with van der Waals surface area (Å²) in [7, 11) is 0. The molecule has 0 aromatic heterocycles. The van der Waals surface area contributed by atoms with Gasteiger partial charge in [0.25, 0.3) is 0 Å². The van der Waals surface area contributed by atoms with Crippen LogP contribution in [0.1, 0.15) is 25.3 Å². The highest BCUT2D eigenvalue weighted by molar-refractivity contribution is 5.90. The molecule has 86 valence electrons. The Bertz CT molecular complexity index is 425. The topological polar surface area (TPSA) is 37.3 Å². The van der Waals surface area contributed by atoms with Gasteiger partial charge in [0.15, 0.2) is 11.6 Å². The van der Waals surface area contributed by atoms with Crippen LogP contribution < -0.4 is 0 Å². The van der Waals surface area contributed by atoms with E-state index < -0.39 is 17.6 Å². The number of allylic oxidation sites excluding steroid dienone is 1. The van der Waals surface area contributed by atoms with Crippen molar-refractivity contribution in [2.45, 2.75) is 19.8 Å². The molecule has 0 spiro atoms. The van der Waals surface area contributed by atoms with Crippen LogP contribution in [-0.2, 0) is 4.79 Å². The molecular weight excluding hydrogens is 214 g/mol. The summed E-state index contributed by atoms with van der Waals surface area (Å²) in [6.07, 6.45) is 2.27. The van der Waals surface area contributed by atoms with Crippen molar-refractivity contribution in [2.75, 3.05) is 0 Å². The summed E-state index contributed by atoms with van der Waals surface area (Å²) < 4.78 is 25.7. The molecule has 0 heterocycles. The van der Waals surface area contributed by atoms with Gasteiger partial charge in [-0.3, -0.25) is 0 Å². The summed E-state index contributed by atoms with van der Waals surface area (Å²) in [4.78, 5) is 10.6. The van der Waals surface area contributed by atoms with Crippen LogP contribution in [0.4, 0.5) is 8.78 Å². The van der Waals surface area contributed by atoms with E-state index in [0.29, 0.717) is 17.6 Å². The number of hydrogen-bond donors (Lipinski definition) is 1. The molecule has 0 bridgehead atoms. The summed E-state index contributed by atoms with van der Waals surface area (Å²) in [6.45, 7) is 1.88. The molecule has 0 atom stereocenters. The summed E-state index contributed by atoms with van der Waals surface area (Å²) in [5, 5.41) is 8.65. The predicted octanol–water partition coefficient (Wildman–Crippen LogP) is 3.23. The highest BCUT2D eigenvalue weighted by Gasteiger charge is 2.07. The minimum atomic E-state index is -1.09. The highest BCUT2D eigenvalue weighted by Crippen LogP contribution is 2.21. The van der Waals surface area contributed by atoms with Crippen molar-refractivity contribution in [1.82, 2.24) is 0 Å². The van der Waals surface area contributed by atoms with Crippen LogP contribution in [0.5, 0.6) is 0 Å². The van der Waals surface area contributed by atoms with E-state index in [4.69, 9.17) is 5.11 Å². The lowest BCUT2D eigenvalue weighted by Gasteiger charge is -2.05. The number of carboxylic acid groups (broad SMARTS) is 1. The first-order valence-electron chi connectivity index (χ1n) is 4.93. The normalized spacial score (nSPS) is 11.6. The minimum absolute atomic E-state index is 0.406. The molecule has 0 unspecified atom stereocenters. The van der Waals surface area contributed by atoms with E-state index in [1.165, 1.54) is 6.07 Å². The fourth-order valence-electron chi connectivity index (χ4n) is 1.41. The van der Waals surface area contributed by atoms with Gasteiger partial charge in [0, 0.05) is 6.08 Å². The molecule has 0 aliphatic carbocycles. The van der Waals surface area contributed by atoms with Gasteiger partial charge < -0.3 is 5.11 Å². The van der Waals surface area contributed by atoms with E-state index in [-0.39, 0.29) is 0 Å². The van der Waals surface area contributed by atoms with Gasteiger partial charge in [0.2, 0.25) is 0 Å². The number of aliphatic carboxylic acids is 1. The maximum Gasteiger partial charge on any atom is 0.328 e. The molecule has 0 saturated carbocycles. The van der Waals surface area contributed by atoms with Crippen molar-refractivity contribution in [3.05, 3.63) is 41.5 Å². The molecule has 0 aliphatic rings. The van der Waals surface area contributed by atoms with Crippen LogP contribution in [0.3, 0.4) is 0 Å². The number of rotatable bonds is 4. The fourth-order valence-corrected chi connectivity index (χ4v) is 1.41. The second-order valence-corrected chi connectivity index (χ2v) is 3.39. The molecule has 16 heavy (non-hydrogen) atoms. The van der Waals surface area contributed by atoms with Gasteiger partial charge in [-0.1, -0.05) is 19.4 Å². The lowest BCUT2D eigenvalue weighted by atomic mass is 10.0. The quantitative estimate of drug-likeness (QED) is 0.800. The Kier molecular flexibility index (Phi) is 4.17. The fraction of sp³-hybridized carbons (Fsp3) is 0.250. The molecule has 0 aliphatic heterocycles. The molecule has 0 fully saturated rings. The minimum Gasteiger partial charge on any atom is -0.478 e. The first-order valence-corrected chi connectivity index (χ1v) is 4.93. The molecule has 0 amide bonds. The largest absolute Gasteiger partial charge is 0.478 e. The molecule has 1 N–H and O–H groups in total. The van der Waals surface area contributed by atoms with E-state index in [2.05, 4.69) is 0 Å². The zero-order valence-corrected chi connectivity index (χ0v) is 8.84. The van der Waals surface area contributed by atoms with E-state index >= 15 is 0 Å². The monoisotopic (exact) mass is 226 g/mol. The Morgan fingerprint density at radius 3 is 2.56 bits per heavy atom. The molecular formula is C12H12F2O2. The Hall–Kier alpha value is -1.71. The van der Waals surface area contributed by atoms with Gasteiger partial charge in [0.05, 0.1) is 0 Å². The Labute approximate surface area is 92.2 Å². The molecule has 1 aromatic rings. The zero-order valence-electron chi connectivity index (χ0n) is 8.84. The average Bonchev–Trinajstić information content (AvgIpc) is 2.21. The molecule has 0 saturated heterocycles. The third-order valence-electron chi connectivity index (χ3n) is 2.11. The Morgan fingerprint density at radius 2 is 2.06 bits per heavy atom. The zero-order chi connectivity index (χ0) is 12.1. The van der Waals surface area contributed by atoms with Gasteiger partial charge in [-0.15, -0.1) is 0 Å². The van der Waals surface area contributed by atoms with Gasteiger partial charge >= 0.3 is 5.97 Å². The van der Waals surface area contributed by atoms with Gasteiger partial charge in [-0.05, 0) is 29.7 Å². The number of carboxylic acids is 1. The second-order valence-electron chi connectivity index (χ2n) is 3.39.